The minimum Gasteiger partial charge on any atom is -0.313 e. The van der Waals surface area contributed by atoms with Crippen molar-refractivity contribution in [1.82, 2.24) is 0 Å². The third-order valence-corrected chi connectivity index (χ3v) is 5.66. The first-order valence-electron chi connectivity index (χ1n) is 8.67. The van der Waals surface area contributed by atoms with Crippen LogP contribution >= 0.6 is 28.7 Å². The third-order valence-electron chi connectivity index (χ3n) is 4.56. The van der Waals surface area contributed by atoms with Crippen LogP contribution in [0.25, 0.3) is 0 Å². The van der Waals surface area contributed by atoms with Crippen LogP contribution < -0.4 is 4.90 Å². The molecule has 3 rings (SSSR count). The largest absolute Gasteiger partial charge is 0.313 e. The summed E-state index contributed by atoms with van der Waals surface area (Å²) in [7, 11) is 0. The minimum atomic E-state index is 0. The molecule has 2 aromatic carbocycles. The number of Topliss-reactive ketones (excluding diaryl/α,β-unsaturated/α-hetero) is 1. The van der Waals surface area contributed by atoms with Gasteiger partial charge in [-0.1, -0.05) is 47.7 Å². The SMILES string of the molecule is Br.Cc1ccc(N(CC(=O)c2cccc(C)c2C)C2=NCCCS2)cc1. The lowest BCUT2D eigenvalue weighted by atomic mass is 10.00. The average molecular weight is 433 g/mol. The summed E-state index contributed by atoms with van der Waals surface area (Å²) in [6.07, 6.45) is 1.10. The number of aryl methyl sites for hydroxylation is 2. The fraction of sp³-hybridized carbons (Fsp3) is 0.333. The minimum absolute atomic E-state index is 0. The number of aliphatic imine (C=N–C) groups is 1. The zero-order valence-electron chi connectivity index (χ0n) is 15.5. The number of hydrogen-bond acceptors (Lipinski definition) is 4. The molecule has 1 aliphatic rings. The Balaban J connectivity index is 0.00000243. The summed E-state index contributed by atoms with van der Waals surface area (Å²) >= 11 is 1.74. The summed E-state index contributed by atoms with van der Waals surface area (Å²) in [4.78, 5) is 19.7. The Morgan fingerprint density at radius 1 is 1.12 bits per heavy atom. The number of ketones is 1. The second kappa shape index (κ2) is 9.38. The van der Waals surface area contributed by atoms with E-state index in [1.807, 2.05) is 32.0 Å². The topological polar surface area (TPSA) is 32.7 Å². The highest BCUT2D eigenvalue weighted by Crippen LogP contribution is 2.24. The molecule has 0 unspecified atom stereocenters. The van der Waals surface area contributed by atoms with Gasteiger partial charge in [-0.25, -0.2) is 0 Å². The van der Waals surface area contributed by atoms with E-state index in [9.17, 15) is 4.79 Å². The van der Waals surface area contributed by atoms with Crippen LogP contribution in [0, 0.1) is 20.8 Å². The Hall–Kier alpha value is -1.59. The van der Waals surface area contributed by atoms with Gasteiger partial charge in [-0.15, -0.1) is 17.0 Å². The number of benzene rings is 2. The van der Waals surface area contributed by atoms with Crippen LogP contribution in [-0.2, 0) is 0 Å². The maximum Gasteiger partial charge on any atom is 0.182 e. The van der Waals surface area contributed by atoms with Crippen molar-refractivity contribution in [1.29, 1.82) is 0 Å². The summed E-state index contributed by atoms with van der Waals surface area (Å²) < 4.78 is 0. The number of carbonyl (C=O) groups is 1. The monoisotopic (exact) mass is 432 g/mol. The fourth-order valence-electron chi connectivity index (χ4n) is 2.89. The molecule has 0 saturated heterocycles. The van der Waals surface area contributed by atoms with Crippen molar-refractivity contribution in [3.63, 3.8) is 0 Å². The van der Waals surface area contributed by atoms with Crippen molar-refractivity contribution in [3.05, 3.63) is 64.7 Å². The summed E-state index contributed by atoms with van der Waals surface area (Å²) in [5.41, 5.74) is 5.26. The van der Waals surface area contributed by atoms with Crippen molar-refractivity contribution in [2.24, 2.45) is 4.99 Å². The maximum absolute atomic E-state index is 13.0. The fourth-order valence-corrected chi connectivity index (χ4v) is 3.85. The average Bonchev–Trinajstić information content (AvgIpc) is 2.63. The molecule has 0 bridgehead atoms. The molecule has 5 heteroatoms. The highest BCUT2D eigenvalue weighted by molar-refractivity contribution is 8.93. The van der Waals surface area contributed by atoms with Crippen molar-refractivity contribution >= 4 is 45.4 Å². The second-order valence-electron chi connectivity index (χ2n) is 6.46. The first kappa shape index (κ1) is 20.7. The quantitative estimate of drug-likeness (QED) is 0.608. The van der Waals surface area contributed by atoms with Crippen LogP contribution in [-0.4, -0.2) is 29.8 Å². The van der Waals surface area contributed by atoms with Crippen LogP contribution in [0.2, 0.25) is 0 Å². The highest BCUT2D eigenvalue weighted by atomic mass is 79.9. The first-order valence-corrected chi connectivity index (χ1v) is 9.65. The predicted octanol–water partition coefficient (Wildman–Crippen LogP) is 5.37. The molecule has 0 N–H and O–H groups in total. The highest BCUT2D eigenvalue weighted by Gasteiger charge is 2.21. The molecule has 0 spiro atoms. The molecule has 3 nitrogen and oxygen atoms in total. The molecule has 1 heterocycles. The van der Waals surface area contributed by atoms with Crippen LogP contribution in [0.3, 0.4) is 0 Å². The summed E-state index contributed by atoms with van der Waals surface area (Å²) in [5, 5.41) is 0.953. The number of carbonyl (C=O) groups excluding carboxylic acids is 1. The van der Waals surface area contributed by atoms with Crippen molar-refractivity contribution in [2.45, 2.75) is 27.2 Å². The molecule has 0 aromatic heterocycles. The van der Waals surface area contributed by atoms with E-state index in [0.717, 1.165) is 46.3 Å². The van der Waals surface area contributed by atoms with E-state index in [-0.39, 0.29) is 22.8 Å². The molecule has 2 aromatic rings. The maximum atomic E-state index is 13.0. The van der Waals surface area contributed by atoms with E-state index < -0.39 is 0 Å². The molecule has 1 aliphatic heterocycles. The predicted molar refractivity (Wildman–Crippen MR) is 118 cm³/mol. The van der Waals surface area contributed by atoms with Gasteiger partial charge in [0.15, 0.2) is 11.0 Å². The van der Waals surface area contributed by atoms with Gasteiger partial charge < -0.3 is 4.90 Å². The molecule has 0 radical (unpaired) electrons. The van der Waals surface area contributed by atoms with E-state index in [1.165, 1.54) is 5.56 Å². The Morgan fingerprint density at radius 2 is 1.85 bits per heavy atom. The first-order chi connectivity index (χ1) is 12.1. The lowest BCUT2D eigenvalue weighted by Crippen LogP contribution is -2.35. The molecule has 0 atom stereocenters. The number of hydrogen-bond donors (Lipinski definition) is 0. The van der Waals surface area contributed by atoms with Crippen molar-refractivity contribution < 1.29 is 4.79 Å². The van der Waals surface area contributed by atoms with E-state index >= 15 is 0 Å². The van der Waals surface area contributed by atoms with Crippen LogP contribution in [0.5, 0.6) is 0 Å². The normalized spacial score (nSPS) is 13.6. The summed E-state index contributed by atoms with van der Waals surface area (Å²) in [6, 6.07) is 14.2. The van der Waals surface area contributed by atoms with E-state index in [0.29, 0.717) is 6.54 Å². The molecule has 138 valence electrons. The summed E-state index contributed by atoms with van der Waals surface area (Å²) in [5.74, 6) is 1.19. The van der Waals surface area contributed by atoms with Gasteiger partial charge in [-0.2, -0.15) is 0 Å². The Bertz CT molecular complexity index is 802. The van der Waals surface area contributed by atoms with Crippen molar-refractivity contribution in [3.8, 4) is 0 Å². The van der Waals surface area contributed by atoms with Gasteiger partial charge in [0, 0.05) is 23.5 Å². The lowest BCUT2D eigenvalue weighted by molar-refractivity contribution is 0.100. The number of rotatable bonds is 4. The zero-order valence-corrected chi connectivity index (χ0v) is 18.0. The van der Waals surface area contributed by atoms with E-state index in [2.05, 4.69) is 41.1 Å². The molecular formula is C21H25BrN2OS. The zero-order chi connectivity index (χ0) is 17.8. The molecule has 0 fully saturated rings. The van der Waals surface area contributed by atoms with Gasteiger partial charge in [-0.3, -0.25) is 9.79 Å². The Labute approximate surface area is 170 Å². The van der Waals surface area contributed by atoms with Gasteiger partial charge in [0.1, 0.15) is 0 Å². The molecule has 0 aliphatic carbocycles. The Morgan fingerprint density at radius 3 is 2.50 bits per heavy atom. The molecule has 26 heavy (non-hydrogen) atoms. The van der Waals surface area contributed by atoms with Crippen molar-refractivity contribution in [2.75, 3.05) is 23.7 Å². The Kier molecular flexibility index (Phi) is 7.47. The number of nitrogens with zero attached hydrogens (tertiary/aromatic N) is 2. The van der Waals surface area contributed by atoms with E-state index in [4.69, 9.17) is 0 Å². The van der Waals surface area contributed by atoms with Gasteiger partial charge in [0.05, 0.1) is 6.54 Å². The molecular weight excluding hydrogens is 408 g/mol. The smallest absolute Gasteiger partial charge is 0.182 e. The van der Waals surface area contributed by atoms with Gasteiger partial charge >= 0.3 is 0 Å². The standard InChI is InChI=1S/C21H24N2OS.BrH/c1-15-8-10-18(11-9-15)23(21-22-12-5-13-25-21)14-20(24)19-7-4-6-16(2)17(19)3;/h4,6-11H,5,12-14H2,1-3H3;1H. The summed E-state index contributed by atoms with van der Waals surface area (Å²) in [6.45, 7) is 7.29. The van der Waals surface area contributed by atoms with E-state index in [1.54, 1.807) is 11.8 Å². The second-order valence-corrected chi connectivity index (χ2v) is 7.52. The number of amidine groups is 1. The molecule has 0 amide bonds. The van der Waals surface area contributed by atoms with Crippen LogP contribution in [0.1, 0.15) is 33.5 Å². The van der Waals surface area contributed by atoms with Crippen LogP contribution in [0.15, 0.2) is 47.5 Å². The third kappa shape index (κ3) is 4.77. The number of anilines is 1. The lowest BCUT2D eigenvalue weighted by Gasteiger charge is -2.27. The van der Waals surface area contributed by atoms with Gasteiger partial charge in [0.2, 0.25) is 0 Å². The number of thioether (sulfide) groups is 1. The van der Waals surface area contributed by atoms with Gasteiger partial charge in [-0.05, 0) is 50.5 Å². The van der Waals surface area contributed by atoms with Gasteiger partial charge in [0.25, 0.3) is 0 Å². The number of halogens is 1. The molecule has 0 saturated carbocycles. The van der Waals surface area contributed by atoms with Crippen LogP contribution in [0.4, 0.5) is 5.69 Å².